The number of hydrogen-bond donors (Lipinski definition) is 2. The van der Waals surface area contributed by atoms with Crippen molar-refractivity contribution in [2.75, 3.05) is 5.32 Å². The normalized spacial score (nSPS) is 10.5. The summed E-state index contributed by atoms with van der Waals surface area (Å²) >= 11 is 3.25. The van der Waals surface area contributed by atoms with Crippen LogP contribution in [-0.4, -0.2) is 15.9 Å². The van der Waals surface area contributed by atoms with E-state index in [2.05, 4.69) is 33.6 Å². The Morgan fingerprint density at radius 3 is 2.83 bits per heavy atom. The van der Waals surface area contributed by atoms with E-state index in [-0.39, 0.29) is 5.91 Å². The first-order chi connectivity index (χ1) is 11.1. The third-order valence-corrected chi connectivity index (χ3v) is 5.08. The number of hydrogen-bond acceptors (Lipinski definition) is 6. The van der Waals surface area contributed by atoms with E-state index < -0.39 is 0 Å². The average Bonchev–Trinajstić information content (AvgIpc) is 3.13. The van der Waals surface area contributed by atoms with Crippen molar-refractivity contribution in [1.82, 2.24) is 15.3 Å². The van der Waals surface area contributed by atoms with Crippen LogP contribution in [0.5, 0.6) is 0 Å². The van der Waals surface area contributed by atoms with E-state index in [1.54, 1.807) is 28.9 Å². The average molecular weight is 344 g/mol. The van der Waals surface area contributed by atoms with Gasteiger partial charge in [0.05, 0.1) is 17.1 Å². The number of nitrogens with one attached hydrogen (secondary N) is 2. The highest BCUT2D eigenvalue weighted by Gasteiger charge is 2.12. The summed E-state index contributed by atoms with van der Waals surface area (Å²) in [7, 11) is 0. The van der Waals surface area contributed by atoms with E-state index in [0.717, 1.165) is 31.3 Å². The van der Waals surface area contributed by atoms with Gasteiger partial charge < -0.3 is 10.6 Å². The van der Waals surface area contributed by atoms with Crippen LogP contribution in [-0.2, 0) is 11.3 Å². The molecule has 0 fully saturated rings. The van der Waals surface area contributed by atoms with Gasteiger partial charge in [-0.2, -0.15) is 0 Å². The number of nitrogens with zero attached hydrogens (tertiary/aromatic N) is 2. The zero-order valence-electron chi connectivity index (χ0n) is 12.8. The molecule has 0 spiro atoms. The number of aryl methyl sites for hydroxylation is 1. The van der Waals surface area contributed by atoms with Gasteiger partial charge in [-0.1, -0.05) is 6.07 Å². The Morgan fingerprint density at radius 2 is 2.09 bits per heavy atom. The minimum atomic E-state index is -0.0216. The number of pyridine rings is 1. The van der Waals surface area contributed by atoms with Crippen molar-refractivity contribution < 1.29 is 4.79 Å². The number of rotatable bonds is 5. The summed E-state index contributed by atoms with van der Waals surface area (Å²) in [4.78, 5) is 23.3. The van der Waals surface area contributed by atoms with Crippen molar-refractivity contribution in [3.63, 3.8) is 0 Å². The van der Waals surface area contributed by atoms with Gasteiger partial charge >= 0.3 is 0 Å². The van der Waals surface area contributed by atoms with Crippen LogP contribution in [0.25, 0.3) is 10.6 Å². The van der Waals surface area contributed by atoms with E-state index >= 15 is 0 Å². The fourth-order valence-electron chi connectivity index (χ4n) is 2.04. The Kier molecular flexibility index (Phi) is 4.68. The SMILES string of the molecule is CC(=O)NCc1ccc(-c2nc(Nc3ccccn3)sc2C)s1. The number of carbonyl (C=O) groups excluding carboxylic acids is 1. The summed E-state index contributed by atoms with van der Waals surface area (Å²) in [5.74, 6) is 0.761. The molecule has 5 nitrogen and oxygen atoms in total. The Morgan fingerprint density at radius 1 is 1.22 bits per heavy atom. The molecule has 7 heteroatoms. The van der Waals surface area contributed by atoms with Gasteiger partial charge in [-0.15, -0.1) is 22.7 Å². The van der Waals surface area contributed by atoms with Crippen molar-refractivity contribution in [1.29, 1.82) is 0 Å². The van der Waals surface area contributed by atoms with Gasteiger partial charge in [0, 0.05) is 22.9 Å². The fourth-order valence-corrected chi connectivity index (χ4v) is 3.93. The van der Waals surface area contributed by atoms with E-state index in [9.17, 15) is 4.79 Å². The molecular weight excluding hydrogens is 328 g/mol. The predicted octanol–water partition coefficient (Wildman–Crippen LogP) is 3.95. The predicted molar refractivity (Wildman–Crippen MR) is 95.2 cm³/mol. The molecule has 23 heavy (non-hydrogen) atoms. The summed E-state index contributed by atoms with van der Waals surface area (Å²) in [6.45, 7) is 4.14. The molecule has 3 rings (SSSR count). The van der Waals surface area contributed by atoms with E-state index in [1.165, 1.54) is 6.92 Å². The van der Waals surface area contributed by atoms with E-state index in [1.807, 2.05) is 24.3 Å². The smallest absolute Gasteiger partial charge is 0.217 e. The van der Waals surface area contributed by atoms with Crippen molar-refractivity contribution in [3.8, 4) is 10.6 Å². The van der Waals surface area contributed by atoms with Crippen molar-refractivity contribution >= 4 is 39.5 Å². The lowest BCUT2D eigenvalue weighted by Gasteiger charge is -1.99. The summed E-state index contributed by atoms with van der Waals surface area (Å²) in [5, 5.41) is 6.86. The van der Waals surface area contributed by atoms with Crippen LogP contribution in [0.2, 0.25) is 0 Å². The molecule has 0 atom stereocenters. The second-order valence-electron chi connectivity index (χ2n) is 4.94. The molecule has 2 N–H and O–H groups in total. The maximum Gasteiger partial charge on any atom is 0.217 e. The molecule has 0 aliphatic rings. The molecule has 0 saturated carbocycles. The molecular formula is C16H16N4OS2. The van der Waals surface area contributed by atoms with Gasteiger partial charge in [-0.3, -0.25) is 4.79 Å². The number of amides is 1. The topological polar surface area (TPSA) is 66.9 Å². The van der Waals surface area contributed by atoms with Crippen molar-refractivity contribution in [2.45, 2.75) is 20.4 Å². The Balaban J connectivity index is 1.77. The van der Waals surface area contributed by atoms with Crippen molar-refractivity contribution in [3.05, 3.63) is 46.3 Å². The largest absolute Gasteiger partial charge is 0.351 e. The number of thiophene rings is 1. The third kappa shape index (κ3) is 3.94. The molecule has 3 aromatic rings. The van der Waals surface area contributed by atoms with Crippen molar-refractivity contribution in [2.24, 2.45) is 0 Å². The quantitative estimate of drug-likeness (QED) is 0.735. The summed E-state index contributed by atoms with van der Waals surface area (Å²) in [6.07, 6.45) is 1.75. The van der Waals surface area contributed by atoms with Crippen LogP contribution >= 0.6 is 22.7 Å². The van der Waals surface area contributed by atoms with Crippen LogP contribution in [0.3, 0.4) is 0 Å². The Bertz CT molecular complexity index is 811. The third-order valence-electron chi connectivity index (χ3n) is 3.10. The highest BCUT2D eigenvalue weighted by molar-refractivity contribution is 7.18. The van der Waals surface area contributed by atoms with Crippen LogP contribution < -0.4 is 10.6 Å². The van der Waals surface area contributed by atoms with Crippen LogP contribution in [0, 0.1) is 6.92 Å². The first-order valence-electron chi connectivity index (χ1n) is 7.11. The summed E-state index contributed by atoms with van der Waals surface area (Å²) in [6, 6.07) is 9.80. The highest BCUT2D eigenvalue weighted by Crippen LogP contribution is 2.35. The standard InChI is InChI=1S/C16H16N4OS2/c1-10-15(13-7-6-12(23-13)9-18-11(2)21)20-16(22-10)19-14-5-3-4-8-17-14/h3-8H,9H2,1-2H3,(H,18,21)(H,17,19,20). The van der Waals surface area contributed by atoms with Gasteiger partial charge in [0.1, 0.15) is 5.82 Å². The highest BCUT2D eigenvalue weighted by atomic mass is 32.1. The van der Waals surface area contributed by atoms with Gasteiger partial charge in [0.2, 0.25) is 5.91 Å². The van der Waals surface area contributed by atoms with Crippen LogP contribution in [0.1, 0.15) is 16.7 Å². The monoisotopic (exact) mass is 344 g/mol. The first kappa shape index (κ1) is 15.6. The van der Waals surface area contributed by atoms with Gasteiger partial charge in [-0.05, 0) is 31.2 Å². The summed E-state index contributed by atoms with van der Waals surface area (Å²) < 4.78 is 0. The second-order valence-corrected chi connectivity index (χ2v) is 7.31. The zero-order valence-corrected chi connectivity index (χ0v) is 14.4. The maximum atomic E-state index is 11.0. The van der Waals surface area contributed by atoms with Crippen LogP contribution in [0.15, 0.2) is 36.5 Å². The number of carbonyl (C=O) groups is 1. The Labute approximate surface area is 142 Å². The summed E-state index contributed by atoms with van der Waals surface area (Å²) in [5.41, 5.74) is 0.979. The fraction of sp³-hybridized carbons (Fsp3) is 0.188. The first-order valence-corrected chi connectivity index (χ1v) is 8.74. The number of thiazole rings is 1. The zero-order chi connectivity index (χ0) is 16.2. The minimum absolute atomic E-state index is 0.0216. The molecule has 0 bridgehead atoms. The molecule has 0 aliphatic heterocycles. The van der Waals surface area contributed by atoms with Gasteiger partial charge in [0.25, 0.3) is 0 Å². The Hall–Kier alpha value is -2.25. The van der Waals surface area contributed by atoms with E-state index in [4.69, 9.17) is 0 Å². The molecule has 0 radical (unpaired) electrons. The molecule has 0 aliphatic carbocycles. The van der Waals surface area contributed by atoms with Gasteiger partial charge in [-0.25, -0.2) is 9.97 Å². The van der Waals surface area contributed by atoms with E-state index in [0.29, 0.717) is 6.54 Å². The lowest BCUT2D eigenvalue weighted by molar-refractivity contribution is -0.119. The second kappa shape index (κ2) is 6.89. The minimum Gasteiger partial charge on any atom is -0.351 e. The lowest BCUT2D eigenvalue weighted by Crippen LogP contribution is -2.17. The lowest BCUT2D eigenvalue weighted by atomic mass is 10.3. The molecule has 3 aromatic heterocycles. The number of aromatic nitrogens is 2. The molecule has 3 heterocycles. The molecule has 0 saturated heterocycles. The van der Waals surface area contributed by atoms with Gasteiger partial charge in [0.15, 0.2) is 5.13 Å². The molecule has 0 aromatic carbocycles. The number of anilines is 2. The van der Waals surface area contributed by atoms with Crippen LogP contribution in [0.4, 0.5) is 10.9 Å². The molecule has 1 amide bonds. The molecule has 118 valence electrons. The maximum absolute atomic E-state index is 11.0. The molecule has 0 unspecified atom stereocenters.